The molecule has 3 N–H and O–H groups in total. The number of benzene rings is 2. The second-order valence-corrected chi connectivity index (χ2v) is 5.79. The molecule has 0 aliphatic heterocycles. The Balaban J connectivity index is 0.00000338. The van der Waals surface area contributed by atoms with Crippen molar-refractivity contribution < 1.29 is 4.74 Å². The molecule has 2 aromatic carbocycles. The highest BCUT2D eigenvalue weighted by atomic mass is 127. The van der Waals surface area contributed by atoms with E-state index in [1.54, 1.807) is 7.11 Å². The summed E-state index contributed by atoms with van der Waals surface area (Å²) in [6, 6.07) is 16.0. The van der Waals surface area contributed by atoms with Crippen molar-refractivity contribution in [2.75, 3.05) is 25.5 Å². The average Bonchev–Trinajstić information content (AvgIpc) is 2.65. The predicted octanol–water partition coefficient (Wildman–Crippen LogP) is 4.08. The smallest absolute Gasteiger partial charge is 0.193 e. The maximum absolute atomic E-state index is 6.03. The molecule has 0 unspecified atom stereocenters. The summed E-state index contributed by atoms with van der Waals surface area (Å²) < 4.78 is 5.15. The summed E-state index contributed by atoms with van der Waals surface area (Å²) in [5.41, 5.74) is 9.41. The van der Waals surface area contributed by atoms with Gasteiger partial charge in [-0.25, -0.2) is 4.99 Å². The number of methoxy groups -OCH3 is 1. The van der Waals surface area contributed by atoms with Crippen LogP contribution in [-0.2, 0) is 13.1 Å². The molecule has 0 bridgehead atoms. The van der Waals surface area contributed by atoms with Crippen LogP contribution in [0.5, 0.6) is 5.75 Å². The maximum atomic E-state index is 6.03. The Bertz CT molecular complexity index is 684. The van der Waals surface area contributed by atoms with Gasteiger partial charge in [-0.3, -0.25) is 4.90 Å². The molecule has 142 valence electrons. The first-order valence-corrected chi connectivity index (χ1v) is 8.66. The van der Waals surface area contributed by atoms with E-state index in [2.05, 4.69) is 47.3 Å². The fraction of sp³-hybridized carbons (Fsp3) is 0.350. The van der Waals surface area contributed by atoms with Crippen molar-refractivity contribution in [3.05, 3.63) is 59.7 Å². The maximum Gasteiger partial charge on any atom is 0.193 e. The third kappa shape index (κ3) is 6.84. The van der Waals surface area contributed by atoms with Gasteiger partial charge in [0.05, 0.1) is 13.7 Å². The van der Waals surface area contributed by atoms with Crippen LogP contribution in [-0.4, -0.2) is 31.1 Å². The number of nitrogens with one attached hydrogen (secondary N) is 1. The largest absolute Gasteiger partial charge is 0.497 e. The van der Waals surface area contributed by atoms with Gasteiger partial charge in [-0.15, -0.1) is 24.0 Å². The van der Waals surface area contributed by atoms with Crippen LogP contribution in [0.1, 0.15) is 25.0 Å². The van der Waals surface area contributed by atoms with Crippen LogP contribution in [0, 0.1) is 0 Å². The molecule has 6 heteroatoms. The first kappa shape index (κ1) is 22.2. The van der Waals surface area contributed by atoms with Gasteiger partial charge < -0.3 is 15.8 Å². The van der Waals surface area contributed by atoms with E-state index < -0.39 is 0 Å². The standard InChI is InChI=1S/C20H28N4O.HI/c1-4-24(5-2)15-17-9-7-6-8-16(17)14-22-20(21)23-18-10-12-19(25-3)13-11-18;/h6-13H,4-5,14-15H2,1-3H3,(H3,21,22,23);1H. The number of ether oxygens (including phenoxy) is 1. The van der Waals surface area contributed by atoms with Crippen LogP contribution in [0.2, 0.25) is 0 Å². The van der Waals surface area contributed by atoms with Crippen molar-refractivity contribution >= 4 is 35.6 Å². The SMILES string of the molecule is CCN(CC)Cc1ccccc1CN=C(N)Nc1ccc(OC)cc1.I. The topological polar surface area (TPSA) is 62.9 Å². The molecule has 2 rings (SSSR count). The molecule has 0 radical (unpaired) electrons. The number of anilines is 1. The van der Waals surface area contributed by atoms with Crippen LogP contribution in [0.15, 0.2) is 53.5 Å². The summed E-state index contributed by atoms with van der Waals surface area (Å²) in [7, 11) is 1.65. The molecule has 26 heavy (non-hydrogen) atoms. The van der Waals surface area contributed by atoms with Crippen LogP contribution in [0.3, 0.4) is 0 Å². The van der Waals surface area contributed by atoms with Crippen LogP contribution < -0.4 is 15.8 Å². The monoisotopic (exact) mass is 468 g/mol. The Labute approximate surface area is 173 Å². The zero-order valence-corrected chi connectivity index (χ0v) is 18.1. The van der Waals surface area contributed by atoms with E-state index in [0.29, 0.717) is 12.5 Å². The van der Waals surface area contributed by atoms with Crippen LogP contribution in [0.4, 0.5) is 5.69 Å². The third-order valence-corrected chi connectivity index (χ3v) is 4.19. The van der Waals surface area contributed by atoms with E-state index in [4.69, 9.17) is 10.5 Å². The minimum Gasteiger partial charge on any atom is -0.497 e. The lowest BCUT2D eigenvalue weighted by molar-refractivity contribution is 0.295. The highest BCUT2D eigenvalue weighted by Crippen LogP contribution is 2.15. The lowest BCUT2D eigenvalue weighted by Crippen LogP contribution is -2.24. The van der Waals surface area contributed by atoms with Crippen molar-refractivity contribution in [1.82, 2.24) is 4.90 Å². The zero-order chi connectivity index (χ0) is 18.1. The molecule has 0 atom stereocenters. The van der Waals surface area contributed by atoms with Gasteiger partial charge in [-0.05, 0) is 48.5 Å². The van der Waals surface area contributed by atoms with E-state index in [9.17, 15) is 0 Å². The summed E-state index contributed by atoms with van der Waals surface area (Å²) in [6.45, 7) is 7.93. The van der Waals surface area contributed by atoms with Crippen molar-refractivity contribution in [3.63, 3.8) is 0 Å². The van der Waals surface area contributed by atoms with Gasteiger partial charge in [0.15, 0.2) is 5.96 Å². The van der Waals surface area contributed by atoms with E-state index in [1.165, 1.54) is 11.1 Å². The summed E-state index contributed by atoms with van der Waals surface area (Å²) in [5.74, 6) is 1.22. The molecule has 0 aromatic heterocycles. The Morgan fingerprint density at radius 3 is 2.23 bits per heavy atom. The number of rotatable bonds is 8. The highest BCUT2D eigenvalue weighted by Gasteiger charge is 2.06. The molecule has 5 nitrogen and oxygen atoms in total. The molecular formula is C20H29IN4O. The molecule has 0 saturated carbocycles. The minimum absolute atomic E-state index is 0. The van der Waals surface area contributed by atoms with E-state index in [-0.39, 0.29) is 24.0 Å². The fourth-order valence-electron chi connectivity index (χ4n) is 2.59. The number of halogens is 1. The van der Waals surface area contributed by atoms with Crippen LogP contribution in [0.25, 0.3) is 0 Å². The highest BCUT2D eigenvalue weighted by molar-refractivity contribution is 14.0. The molecular weight excluding hydrogens is 439 g/mol. The summed E-state index contributed by atoms with van der Waals surface area (Å²) in [5, 5.41) is 3.11. The normalized spacial score (nSPS) is 11.2. The summed E-state index contributed by atoms with van der Waals surface area (Å²) >= 11 is 0. The number of hydrogen-bond acceptors (Lipinski definition) is 3. The lowest BCUT2D eigenvalue weighted by atomic mass is 10.1. The van der Waals surface area contributed by atoms with Gasteiger partial charge in [-0.1, -0.05) is 38.1 Å². The van der Waals surface area contributed by atoms with Gasteiger partial charge >= 0.3 is 0 Å². The van der Waals surface area contributed by atoms with Crippen molar-refractivity contribution in [2.24, 2.45) is 10.7 Å². The van der Waals surface area contributed by atoms with Crippen molar-refractivity contribution in [1.29, 1.82) is 0 Å². The van der Waals surface area contributed by atoms with Gasteiger partial charge in [-0.2, -0.15) is 0 Å². The quantitative estimate of drug-likeness (QED) is 0.348. The number of hydrogen-bond donors (Lipinski definition) is 2. The van der Waals surface area contributed by atoms with Gasteiger partial charge in [0.2, 0.25) is 0 Å². The van der Waals surface area contributed by atoms with Gasteiger partial charge in [0.25, 0.3) is 0 Å². The molecule has 0 heterocycles. The molecule has 0 aliphatic carbocycles. The fourth-order valence-corrected chi connectivity index (χ4v) is 2.59. The third-order valence-electron chi connectivity index (χ3n) is 4.19. The zero-order valence-electron chi connectivity index (χ0n) is 15.7. The average molecular weight is 468 g/mol. The molecule has 0 fully saturated rings. The molecule has 0 spiro atoms. The van der Waals surface area contributed by atoms with Crippen molar-refractivity contribution in [3.8, 4) is 5.75 Å². The molecule has 2 aromatic rings. The number of nitrogens with two attached hydrogens (primary N) is 1. The second kappa shape index (κ2) is 11.7. The molecule has 0 aliphatic rings. The second-order valence-electron chi connectivity index (χ2n) is 5.79. The Hall–Kier alpha value is -1.80. The van der Waals surface area contributed by atoms with Crippen molar-refractivity contribution in [2.45, 2.75) is 26.9 Å². The molecule has 0 amide bonds. The number of nitrogens with zero attached hydrogens (tertiary/aromatic N) is 2. The minimum atomic E-state index is 0. The Morgan fingerprint density at radius 1 is 1.04 bits per heavy atom. The van der Waals surface area contributed by atoms with Crippen LogP contribution >= 0.6 is 24.0 Å². The first-order chi connectivity index (χ1) is 12.2. The van der Waals surface area contributed by atoms with E-state index in [0.717, 1.165) is 31.1 Å². The summed E-state index contributed by atoms with van der Waals surface area (Å²) in [4.78, 5) is 6.88. The van der Waals surface area contributed by atoms with Gasteiger partial charge in [0.1, 0.15) is 5.75 Å². The summed E-state index contributed by atoms with van der Waals surface area (Å²) in [6.07, 6.45) is 0. The Kier molecular flexibility index (Phi) is 10.0. The number of guanidine groups is 1. The Morgan fingerprint density at radius 2 is 1.65 bits per heavy atom. The first-order valence-electron chi connectivity index (χ1n) is 8.66. The number of aliphatic imine (C=N–C) groups is 1. The predicted molar refractivity (Wildman–Crippen MR) is 120 cm³/mol. The van der Waals surface area contributed by atoms with E-state index >= 15 is 0 Å². The lowest BCUT2D eigenvalue weighted by Gasteiger charge is -2.19. The van der Waals surface area contributed by atoms with E-state index in [1.807, 2.05) is 30.3 Å². The van der Waals surface area contributed by atoms with Gasteiger partial charge in [0, 0.05) is 12.2 Å². The molecule has 0 saturated heterocycles.